The maximum Gasteiger partial charge on any atom is 0.335 e. The van der Waals surface area contributed by atoms with Crippen molar-refractivity contribution >= 4 is 16.9 Å². The number of rotatable bonds is 2. The molecule has 2 rings (SSSR count). The molecule has 0 fully saturated rings. The summed E-state index contributed by atoms with van der Waals surface area (Å²) in [6.07, 6.45) is 2.64. The molecule has 15 heavy (non-hydrogen) atoms. The monoisotopic (exact) mass is 199 g/mol. The average molecular weight is 199 g/mol. The first-order chi connectivity index (χ1) is 7.29. The van der Waals surface area contributed by atoms with Crippen LogP contribution in [-0.2, 0) is 4.79 Å². The number of carbonyl (C=O) groups is 1. The van der Waals surface area contributed by atoms with Crippen molar-refractivity contribution in [2.24, 2.45) is 0 Å². The topological polar surface area (TPSA) is 39.2 Å². The minimum atomic E-state index is -0.480. The number of esters is 1. The maximum atomic E-state index is 10.9. The van der Waals surface area contributed by atoms with Crippen LogP contribution in [0.2, 0.25) is 0 Å². The third-order valence-electron chi connectivity index (χ3n) is 1.95. The van der Waals surface area contributed by atoms with Crippen molar-refractivity contribution in [3.63, 3.8) is 0 Å². The van der Waals surface area contributed by atoms with Gasteiger partial charge in [-0.25, -0.2) is 4.79 Å². The quantitative estimate of drug-likeness (QED) is 0.550. The van der Waals surface area contributed by atoms with Gasteiger partial charge < -0.3 is 4.74 Å². The molecule has 3 nitrogen and oxygen atoms in total. The number of ether oxygens (including phenoxy) is 1. The second-order valence-corrected chi connectivity index (χ2v) is 2.99. The Balaban J connectivity index is 2.38. The van der Waals surface area contributed by atoms with Crippen LogP contribution in [0.4, 0.5) is 0 Å². The normalized spacial score (nSPS) is 9.87. The molecule has 0 bridgehead atoms. The third-order valence-corrected chi connectivity index (χ3v) is 1.95. The summed E-state index contributed by atoms with van der Waals surface area (Å²) < 4.78 is 4.95. The van der Waals surface area contributed by atoms with E-state index < -0.39 is 5.97 Å². The van der Waals surface area contributed by atoms with Crippen LogP contribution >= 0.6 is 0 Å². The van der Waals surface area contributed by atoms with Crippen molar-refractivity contribution in [1.82, 2.24) is 4.98 Å². The molecule has 0 saturated carbocycles. The molecule has 1 heterocycles. The SMILES string of the molecule is C=CC(=O)Oc1cnc2ccccc2c1. The van der Waals surface area contributed by atoms with Crippen LogP contribution in [-0.4, -0.2) is 11.0 Å². The number of carbonyl (C=O) groups excluding carboxylic acids is 1. The van der Waals surface area contributed by atoms with Crippen molar-refractivity contribution in [2.45, 2.75) is 0 Å². The smallest absolute Gasteiger partial charge is 0.335 e. The van der Waals surface area contributed by atoms with Gasteiger partial charge in [0.1, 0.15) is 5.75 Å². The molecule has 1 aromatic heterocycles. The summed E-state index contributed by atoms with van der Waals surface area (Å²) in [5, 5.41) is 0.937. The van der Waals surface area contributed by atoms with Gasteiger partial charge >= 0.3 is 5.97 Å². The van der Waals surface area contributed by atoms with Crippen molar-refractivity contribution in [3.05, 3.63) is 49.2 Å². The molecule has 0 unspecified atom stereocenters. The molecule has 0 radical (unpaired) electrons. The molecule has 0 aliphatic rings. The Kier molecular flexibility index (Phi) is 2.46. The van der Waals surface area contributed by atoms with Crippen LogP contribution in [0, 0.1) is 0 Å². The molecule has 0 aliphatic heterocycles. The van der Waals surface area contributed by atoms with E-state index >= 15 is 0 Å². The van der Waals surface area contributed by atoms with E-state index in [-0.39, 0.29) is 0 Å². The number of para-hydroxylation sites is 1. The Morgan fingerprint density at radius 3 is 3.00 bits per heavy atom. The van der Waals surface area contributed by atoms with E-state index in [1.807, 2.05) is 24.3 Å². The van der Waals surface area contributed by atoms with Gasteiger partial charge in [0.2, 0.25) is 0 Å². The van der Waals surface area contributed by atoms with Gasteiger partial charge in [-0.3, -0.25) is 4.98 Å². The second kappa shape index (κ2) is 3.92. The molecular formula is C12H9NO2. The van der Waals surface area contributed by atoms with Gasteiger partial charge in [-0.05, 0) is 12.1 Å². The molecule has 0 N–H and O–H groups in total. The van der Waals surface area contributed by atoms with E-state index in [1.165, 1.54) is 6.20 Å². The number of hydrogen-bond acceptors (Lipinski definition) is 3. The molecule has 0 aliphatic carbocycles. The first kappa shape index (κ1) is 9.40. The fraction of sp³-hybridized carbons (Fsp3) is 0. The number of pyridine rings is 1. The van der Waals surface area contributed by atoms with Crippen LogP contribution in [0.3, 0.4) is 0 Å². The highest BCUT2D eigenvalue weighted by Crippen LogP contribution is 2.17. The van der Waals surface area contributed by atoms with Gasteiger partial charge in [0.25, 0.3) is 0 Å². The van der Waals surface area contributed by atoms with Crippen molar-refractivity contribution in [2.75, 3.05) is 0 Å². The predicted octanol–water partition coefficient (Wildman–Crippen LogP) is 2.33. The first-order valence-electron chi connectivity index (χ1n) is 4.48. The van der Waals surface area contributed by atoms with Crippen LogP contribution < -0.4 is 4.74 Å². The summed E-state index contributed by atoms with van der Waals surface area (Å²) in [6.45, 7) is 3.32. The number of fused-ring (bicyclic) bond motifs is 1. The van der Waals surface area contributed by atoms with E-state index in [2.05, 4.69) is 11.6 Å². The molecule has 0 amide bonds. The zero-order chi connectivity index (χ0) is 10.7. The first-order valence-corrected chi connectivity index (χ1v) is 4.48. The fourth-order valence-electron chi connectivity index (χ4n) is 1.26. The summed E-state index contributed by atoms with van der Waals surface area (Å²) in [5.41, 5.74) is 0.871. The zero-order valence-electron chi connectivity index (χ0n) is 8.01. The Morgan fingerprint density at radius 2 is 2.20 bits per heavy atom. The van der Waals surface area contributed by atoms with Gasteiger partial charge in [-0.15, -0.1) is 0 Å². The standard InChI is InChI=1S/C12H9NO2/c1-2-12(14)15-10-7-9-5-3-4-6-11(9)13-8-10/h2-8H,1H2. The largest absolute Gasteiger partial charge is 0.422 e. The maximum absolute atomic E-state index is 10.9. The van der Waals surface area contributed by atoms with E-state index in [0.717, 1.165) is 17.0 Å². The van der Waals surface area contributed by atoms with Crippen molar-refractivity contribution in [3.8, 4) is 5.75 Å². The highest BCUT2D eigenvalue weighted by atomic mass is 16.5. The van der Waals surface area contributed by atoms with E-state index in [0.29, 0.717) is 5.75 Å². The lowest BCUT2D eigenvalue weighted by molar-refractivity contribution is -0.128. The van der Waals surface area contributed by atoms with Gasteiger partial charge in [0.15, 0.2) is 0 Å². The predicted molar refractivity (Wildman–Crippen MR) is 57.6 cm³/mol. The third kappa shape index (κ3) is 2.02. The summed E-state index contributed by atoms with van der Waals surface area (Å²) in [5.74, 6) is -0.0503. The van der Waals surface area contributed by atoms with Gasteiger partial charge in [-0.2, -0.15) is 0 Å². The van der Waals surface area contributed by atoms with Gasteiger partial charge in [-0.1, -0.05) is 24.8 Å². The van der Waals surface area contributed by atoms with Crippen LogP contribution in [0.5, 0.6) is 5.75 Å². The van der Waals surface area contributed by atoms with E-state index in [1.54, 1.807) is 6.07 Å². The second-order valence-electron chi connectivity index (χ2n) is 2.99. The fourth-order valence-corrected chi connectivity index (χ4v) is 1.26. The Labute approximate surface area is 87.0 Å². The van der Waals surface area contributed by atoms with E-state index in [9.17, 15) is 4.79 Å². The average Bonchev–Trinajstić information content (AvgIpc) is 2.29. The number of nitrogens with zero attached hydrogens (tertiary/aromatic N) is 1. The van der Waals surface area contributed by atoms with E-state index in [4.69, 9.17) is 4.74 Å². The summed E-state index contributed by atoms with van der Waals surface area (Å²) in [4.78, 5) is 15.1. The lowest BCUT2D eigenvalue weighted by atomic mass is 10.2. The number of hydrogen-bond donors (Lipinski definition) is 0. The lowest BCUT2D eigenvalue weighted by Gasteiger charge is -2.01. The summed E-state index contributed by atoms with van der Waals surface area (Å²) in [6, 6.07) is 9.39. The Morgan fingerprint density at radius 1 is 1.40 bits per heavy atom. The molecule has 1 aromatic carbocycles. The summed E-state index contributed by atoms with van der Waals surface area (Å²) in [7, 11) is 0. The molecular weight excluding hydrogens is 190 g/mol. The molecule has 74 valence electrons. The highest BCUT2D eigenvalue weighted by molar-refractivity contribution is 5.85. The zero-order valence-corrected chi connectivity index (χ0v) is 8.01. The van der Waals surface area contributed by atoms with Crippen molar-refractivity contribution < 1.29 is 9.53 Å². The number of benzene rings is 1. The van der Waals surface area contributed by atoms with Crippen LogP contribution in [0.1, 0.15) is 0 Å². The Bertz CT molecular complexity index is 520. The molecule has 0 spiro atoms. The summed E-state index contributed by atoms with van der Waals surface area (Å²) >= 11 is 0. The number of aromatic nitrogens is 1. The molecule has 0 atom stereocenters. The highest BCUT2D eigenvalue weighted by Gasteiger charge is 2.01. The van der Waals surface area contributed by atoms with Gasteiger partial charge in [0.05, 0.1) is 11.7 Å². The lowest BCUT2D eigenvalue weighted by Crippen LogP contribution is -2.03. The van der Waals surface area contributed by atoms with Crippen LogP contribution in [0.25, 0.3) is 10.9 Å². The van der Waals surface area contributed by atoms with Gasteiger partial charge in [0, 0.05) is 11.5 Å². The molecule has 2 aromatic rings. The van der Waals surface area contributed by atoms with Crippen molar-refractivity contribution in [1.29, 1.82) is 0 Å². The Hall–Kier alpha value is -2.16. The van der Waals surface area contributed by atoms with Crippen LogP contribution in [0.15, 0.2) is 49.2 Å². The minimum absolute atomic E-state index is 0.429. The molecule has 3 heteroatoms. The molecule has 0 saturated heterocycles. The minimum Gasteiger partial charge on any atom is -0.422 e.